The van der Waals surface area contributed by atoms with Gasteiger partial charge in [0.05, 0.1) is 0 Å². The van der Waals surface area contributed by atoms with Gasteiger partial charge in [-0.2, -0.15) is 0 Å². The fourth-order valence-electron chi connectivity index (χ4n) is 10.7. The molecule has 66 heavy (non-hydrogen) atoms. The van der Waals surface area contributed by atoms with E-state index in [-0.39, 0.29) is 0 Å². The molecule has 0 saturated carbocycles. The fraction of sp³-hybridized carbons (Fsp3) is 0.182. The minimum absolute atomic E-state index is 1.17. The van der Waals surface area contributed by atoms with Crippen LogP contribution in [-0.4, -0.2) is 0 Å². The Hall–Kier alpha value is -7.02. The molecule has 0 aliphatic carbocycles. The molecule has 0 bridgehead atoms. The lowest BCUT2D eigenvalue weighted by molar-refractivity contribution is 1.25. The van der Waals surface area contributed by atoms with Crippen molar-refractivity contribution in [1.29, 1.82) is 0 Å². The van der Waals surface area contributed by atoms with E-state index in [4.69, 9.17) is 0 Å². The quantitative estimate of drug-likeness (QED) is 0.120. The Morgan fingerprint density at radius 2 is 0.515 bits per heavy atom. The number of fused-ring (bicyclic) bond motifs is 1. The summed E-state index contributed by atoms with van der Waals surface area (Å²) in [4.78, 5) is 0. The minimum atomic E-state index is 1.17. The molecule has 0 saturated heterocycles. The van der Waals surface area contributed by atoms with Crippen molar-refractivity contribution in [2.75, 3.05) is 0 Å². The summed E-state index contributed by atoms with van der Waals surface area (Å²) in [6, 6.07) is 49.7. The first-order chi connectivity index (χ1) is 31.6. The van der Waals surface area contributed by atoms with Gasteiger partial charge < -0.3 is 0 Å². The summed E-state index contributed by atoms with van der Waals surface area (Å²) in [5.74, 6) is 0. The molecule has 0 amide bonds. The van der Waals surface area contributed by atoms with Gasteiger partial charge in [-0.3, -0.25) is 0 Å². The summed E-state index contributed by atoms with van der Waals surface area (Å²) in [6.45, 7) is 26.7. The van der Waals surface area contributed by atoms with Crippen LogP contribution < -0.4 is 0 Å². The Bertz CT molecular complexity index is 2830. The molecule has 328 valence electrons. The Kier molecular flexibility index (Phi) is 13.3. The highest BCUT2D eigenvalue weighted by Gasteiger charge is 2.18. The van der Waals surface area contributed by atoms with Crippen LogP contribution in [0.15, 0.2) is 133 Å². The number of hydrogen-bond acceptors (Lipinski definition) is 0. The lowest BCUT2D eigenvalue weighted by atomic mass is 9.84. The van der Waals surface area contributed by atoms with E-state index in [1.54, 1.807) is 0 Å². The summed E-state index contributed by atoms with van der Waals surface area (Å²) in [7, 11) is 0. The Labute approximate surface area is 395 Å². The van der Waals surface area contributed by atoms with Gasteiger partial charge in [-0.05, 0) is 217 Å². The highest BCUT2D eigenvalue weighted by Crippen LogP contribution is 2.38. The molecular formula is C66H64. The van der Waals surface area contributed by atoms with Crippen molar-refractivity contribution in [2.24, 2.45) is 0 Å². The van der Waals surface area contributed by atoms with Crippen LogP contribution in [-0.2, 0) is 0 Å². The fourth-order valence-corrected chi connectivity index (χ4v) is 10.7. The van der Waals surface area contributed by atoms with Crippen LogP contribution in [0.5, 0.6) is 0 Å². The zero-order chi connectivity index (χ0) is 46.8. The van der Waals surface area contributed by atoms with Gasteiger partial charge >= 0.3 is 0 Å². The number of hydrogen-bond donors (Lipinski definition) is 0. The van der Waals surface area contributed by atoms with Crippen LogP contribution in [0, 0.1) is 83.1 Å². The van der Waals surface area contributed by atoms with E-state index in [0.29, 0.717) is 0 Å². The minimum Gasteiger partial charge on any atom is -0.0616 e. The zero-order valence-electron chi connectivity index (χ0n) is 41.2. The van der Waals surface area contributed by atoms with E-state index in [2.05, 4.69) is 253 Å². The van der Waals surface area contributed by atoms with E-state index in [0.717, 1.165) is 0 Å². The van der Waals surface area contributed by atoms with E-state index in [1.807, 2.05) is 0 Å². The van der Waals surface area contributed by atoms with Gasteiger partial charge in [0.1, 0.15) is 0 Å². The molecule has 0 unspecified atom stereocenters. The normalized spacial score (nSPS) is 11.5. The first-order valence-electron chi connectivity index (χ1n) is 23.5. The Balaban J connectivity index is 1.05. The topological polar surface area (TPSA) is 0 Å². The van der Waals surface area contributed by atoms with Crippen molar-refractivity contribution in [3.8, 4) is 0 Å². The number of rotatable bonds is 10. The maximum Gasteiger partial charge on any atom is -0.00948 e. The van der Waals surface area contributed by atoms with Crippen molar-refractivity contribution < 1.29 is 0 Å². The Morgan fingerprint density at radius 3 is 0.773 bits per heavy atom. The molecule has 0 aromatic heterocycles. The molecular weight excluding hydrogens is 793 g/mol. The van der Waals surface area contributed by atoms with Crippen LogP contribution in [0.2, 0.25) is 0 Å². The summed E-state index contributed by atoms with van der Waals surface area (Å²) < 4.78 is 0. The molecule has 8 aromatic rings. The van der Waals surface area contributed by atoms with E-state index in [1.165, 1.54) is 144 Å². The predicted octanol–water partition coefficient (Wildman–Crippen LogP) is 18.1. The van der Waals surface area contributed by atoms with Crippen LogP contribution in [0.1, 0.15) is 122 Å². The highest BCUT2D eigenvalue weighted by atomic mass is 14.2. The average Bonchev–Trinajstić information content (AvgIpc) is 3.24. The van der Waals surface area contributed by atoms with E-state index in [9.17, 15) is 0 Å². The largest absolute Gasteiger partial charge is 0.0616 e. The lowest BCUT2D eigenvalue weighted by Crippen LogP contribution is -2.01. The predicted molar refractivity (Wildman–Crippen MR) is 291 cm³/mol. The third kappa shape index (κ3) is 9.80. The zero-order valence-corrected chi connectivity index (χ0v) is 41.2. The van der Waals surface area contributed by atoms with E-state index < -0.39 is 0 Å². The van der Waals surface area contributed by atoms with Gasteiger partial charge in [-0.25, -0.2) is 0 Å². The van der Waals surface area contributed by atoms with Gasteiger partial charge in [0, 0.05) is 0 Å². The average molecular weight is 857 g/mol. The molecule has 0 N–H and O–H groups in total. The summed E-state index contributed by atoms with van der Waals surface area (Å²) in [6.07, 6.45) is 13.7. The van der Waals surface area contributed by atoms with Gasteiger partial charge in [-0.15, -0.1) is 0 Å². The standard InChI is InChI=1S/C66H64/c1-41-31-45(5)63(46(6)32-41)61(64-47(7)33-42(2)34-48(64)8)39-55-21-17-53(18-22-55)25-27-57-29-30-58(60-16-14-13-15-59(57)60)28-26-54-19-23-56(24-20-54)40-62(65-49(9)35-43(3)36-50(65)10)66-51(11)37-44(4)38-52(66)12/h13-40H,1-12H3/b27-25-,28-26-. The molecule has 0 radical (unpaired) electrons. The van der Waals surface area contributed by atoms with Crippen LogP contribution in [0.25, 0.3) is 58.4 Å². The number of aryl methyl sites for hydroxylation is 12. The first kappa shape index (κ1) is 45.5. The Morgan fingerprint density at radius 1 is 0.273 bits per heavy atom. The van der Waals surface area contributed by atoms with E-state index >= 15 is 0 Å². The molecule has 8 aromatic carbocycles. The third-order valence-corrected chi connectivity index (χ3v) is 13.2. The SMILES string of the molecule is Cc1cc(C)c(C(=Cc2ccc(/C=C\c3ccc(/C=C\c4ccc(C=C(c5c(C)cc(C)cc5C)c5c(C)cc(C)cc5C)cc4)c4ccccc34)cc2)c2c(C)cc(C)cc2C)c(C)c1. The second-order valence-corrected chi connectivity index (χ2v) is 19.0. The lowest BCUT2D eigenvalue weighted by Gasteiger charge is -2.20. The molecule has 0 aliphatic rings. The first-order valence-corrected chi connectivity index (χ1v) is 23.5. The maximum atomic E-state index is 2.38. The monoisotopic (exact) mass is 857 g/mol. The van der Waals surface area contributed by atoms with Crippen LogP contribution in [0.4, 0.5) is 0 Å². The molecule has 0 nitrogen and oxygen atoms in total. The second-order valence-electron chi connectivity index (χ2n) is 19.0. The van der Waals surface area contributed by atoms with Crippen molar-refractivity contribution in [1.82, 2.24) is 0 Å². The molecule has 0 atom stereocenters. The molecule has 0 heterocycles. The molecule has 0 spiro atoms. The van der Waals surface area contributed by atoms with Crippen LogP contribution in [0.3, 0.4) is 0 Å². The highest BCUT2D eigenvalue weighted by molar-refractivity contribution is 6.00. The summed E-state index contributed by atoms with van der Waals surface area (Å²) in [5, 5.41) is 2.48. The maximum absolute atomic E-state index is 2.38. The van der Waals surface area contributed by atoms with Crippen LogP contribution >= 0.6 is 0 Å². The molecule has 0 aliphatic heterocycles. The van der Waals surface area contributed by atoms with Gasteiger partial charge in [-0.1, -0.05) is 180 Å². The molecule has 8 rings (SSSR count). The van der Waals surface area contributed by atoms with Crippen molar-refractivity contribution in [2.45, 2.75) is 83.1 Å². The van der Waals surface area contributed by atoms with Gasteiger partial charge in [0.15, 0.2) is 0 Å². The summed E-state index contributed by atoms with van der Waals surface area (Å²) in [5.41, 5.74) is 30.7. The summed E-state index contributed by atoms with van der Waals surface area (Å²) >= 11 is 0. The van der Waals surface area contributed by atoms with Gasteiger partial charge in [0.2, 0.25) is 0 Å². The molecule has 0 fully saturated rings. The molecule has 0 heteroatoms. The van der Waals surface area contributed by atoms with Crippen molar-refractivity contribution in [3.05, 3.63) is 256 Å². The van der Waals surface area contributed by atoms with Gasteiger partial charge in [0.25, 0.3) is 0 Å². The second kappa shape index (κ2) is 19.2. The smallest absolute Gasteiger partial charge is 0.00948 e. The third-order valence-electron chi connectivity index (χ3n) is 13.2. The number of benzene rings is 8. The van der Waals surface area contributed by atoms with Crippen molar-refractivity contribution in [3.63, 3.8) is 0 Å². The van der Waals surface area contributed by atoms with Crippen molar-refractivity contribution >= 4 is 58.4 Å².